The molecule has 4 rings (SSSR count). The summed E-state index contributed by atoms with van der Waals surface area (Å²) in [5, 5.41) is 15.4. The quantitative estimate of drug-likeness (QED) is 0.609. The Morgan fingerprint density at radius 1 is 1.21 bits per heavy atom. The molecule has 1 aliphatic heterocycles. The normalized spacial score (nSPS) is 15.7. The highest BCUT2D eigenvalue weighted by atomic mass is 35.5. The van der Waals surface area contributed by atoms with Crippen molar-refractivity contribution in [3.63, 3.8) is 0 Å². The van der Waals surface area contributed by atoms with Crippen LogP contribution in [0.2, 0.25) is 5.02 Å². The topological polar surface area (TPSA) is 109 Å². The summed E-state index contributed by atoms with van der Waals surface area (Å²) in [6.07, 6.45) is 0.358. The maximum Gasteiger partial charge on any atom is 0.335 e. The number of aromatic amines is 1. The Labute approximate surface area is 170 Å². The van der Waals surface area contributed by atoms with Crippen LogP contribution in [0.4, 0.5) is 0 Å². The fourth-order valence-corrected chi connectivity index (χ4v) is 3.45. The fourth-order valence-electron chi connectivity index (χ4n) is 3.27. The third-order valence-corrected chi connectivity index (χ3v) is 4.95. The van der Waals surface area contributed by atoms with Crippen molar-refractivity contribution >= 4 is 17.3 Å². The molecule has 0 saturated carbocycles. The molecule has 9 heteroatoms. The smallest absolute Gasteiger partial charge is 0.335 e. The molecule has 29 heavy (non-hydrogen) atoms. The van der Waals surface area contributed by atoms with Crippen molar-refractivity contribution in [1.29, 1.82) is 0 Å². The summed E-state index contributed by atoms with van der Waals surface area (Å²) in [7, 11) is 1.59. The van der Waals surface area contributed by atoms with Crippen molar-refractivity contribution in [3.05, 3.63) is 85.5 Å². The number of benzene rings is 2. The van der Waals surface area contributed by atoms with Gasteiger partial charge in [0.1, 0.15) is 11.3 Å². The van der Waals surface area contributed by atoms with E-state index in [1.807, 2.05) is 24.3 Å². The Balaban J connectivity index is 1.71. The van der Waals surface area contributed by atoms with E-state index in [1.165, 1.54) is 6.07 Å². The van der Waals surface area contributed by atoms with Crippen LogP contribution < -0.4 is 21.4 Å². The first-order valence-electron chi connectivity index (χ1n) is 8.78. The maximum absolute atomic E-state index is 12.4. The summed E-state index contributed by atoms with van der Waals surface area (Å²) in [6.45, 7) is 0. The molecule has 0 saturated heterocycles. The minimum atomic E-state index is -0.767. The molecule has 0 spiro atoms. The second-order valence-electron chi connectivity index (χ2n) is 6.49. The number of hydrazone groups is 1. The van der Waals surface area contributed by atoms with Gasteiger partial charge in [0, 0.05) is 11.4 Å². The number of rotatable bonds is 4. The van der Waals surface area contributed by atoms with Crippen molar-refractivity contribution in [1.82, 2.24) is 15.0 Å². The van der Waals surface area contributed by atoms with Crippen LogP contribution in [0, 0.1) is 0 Å². The lowest BCUT2D eigenvalue weighted by Crippen LogP contribution is -2.33. The standard InChI is InChI=1S/C20H17ClN4O4/c1-29-14-7-5-11(6-8-14)15-10-16(24-23-15)17-18(26)22-20(28)25(19(17)27)13-4-2-3-12(21)9-13/h2-9,15,23,27H,10H2,1H3,(H,22,26,28)/t15-/m0/s1. The zero-order valence-electron chi connectivity index (χ0n) is 15.3. The monoisotopic (exact) mass is 412 g/mol. The minimum Gasteiger partial charge on any atom is -0.497 e. The van der Waals surface area contributed by atoms with Gasteiger partial charge in [-0.05, 0) is 35.9 Å². The molecule has 0 fully saturated rings. The highest BCUT2D eigenvalue weighted by molar-refractivity contribution is 6.30. The molecule has 1 aromatic heterocycles. The number of nitrogens with one attached hydrogen (secondary N) is 2. The summed E-state index contributed by atoms with van der Waals surface area (Å²) in [4.78, 5) is 27.0. The summed E-state index contributed by atoms with van der Waals surface area (Å²) < 4.78 is 6.15. The fraction of sp³-hybridized carbons (Fsp3) is 0.150. The van der Waals surface area contributed by atoms with Crippen LogP contribution in [0.25, 0.3) is 5.69 Å². The maximum atomic E-state index is 12.4. The van der Waals surface area contributed by atoms with Gasteiger partial charge < -0.3 is 15.3 Å². The van der Waals surface area contributed by atoms with Gasteiger partial charge in [-0.2, -0.15) is 5.10 Å². The lowest BCUT2D eigenvalue weighted by molar-refractivity contribution is 0.414. The van der Waals surface area contributed by atoms with Crippen molar-refractivity contribution in [2.24, 2.45) is 5.10 Å². The highest BCUT2D eigenvalue weighted by Crippen LogP contribution is 2.28. The first-order valence-corrected chi connectivity index (χ1v) is 9.16. The van der Waals surface area contributed by atoms with Crippen LogP contribution in [0.1, 0.15) is 23.6 Å². The predicted molar refractivity (Wildman–Crippen MR) is 109 cm³/mol. The Morgan fingerprint density at radius 3 is 2.66 bits per heavy atom. The minimum absolute atomic E-state index is 0.0620. The molecule has 8 nitrogen and oxygen atoms in total. The van der Waals surface area contributed by atoms with Crippen LogP contribution in [0.15, 0.2) is 63.2 Å². The molecule has 3 N–H and O–H groups in total. The summed E-state index contributed by atoms with van der Waals surface area (Å²) in [5.74, 6) is 0.243. The average Bonchev–Trinajstić information content (AvgIpc) is 3.17. The second kappa shape index (κ2) is 7.48. The third-order valence-electron chi connectivity index (χ3n) is 4.71. The van der Waals surface area contributed by atoms with Gasteiger partial charge in [-0.15, -0.1) is 0 Å². The molecule has 3 aromatic rings. The average molecular weight is 413 g/mol. The number of H-pyrrole nitrogens is 1. The number of methoxy groups -OCH3 is 1. The van der Waals surface area contributed by atoms with Gasteiger partial charge in [-0.1, -0.05) is 29.8 Å². The summed E-state index contributed by atoms with van der Waals surface area (Å²) >= 11 is 5.99. The van der Waals surface area contributed by atoms with Gasteiger partial charge in [0.05, 0.1) is 24.6 Å². The zero-order valence-corrected chi connectivity index (χ0v) is 16.1. The van der Waals surface area contributed by atoms with Crippen molar-refractivity contribution in [2.45, 2.75) is 12.5 Å². The van der Waals surface area contributed by atoms with Crippen molar-refractivity contribution in [2.75, 3.05) is 7.11 Å². The largest absolute Gasteiger partial charge is 0.497 e. The summed E-state index contributed by atoms with van der Waals surface area (Å²) in [6, 6.07) is 13.7. The van der Waals surface area contributed by atoms with E-state index in [0.717, 1.165) is 15.9 Å². The second-order valence-corrected chi connectivity index (χ2v) is 6.93. The van der Waals surface area contributed by atoms with E-state index in [0.29, 0.717) is 22.8 Å². The summed E-state index contributed by atoms with van der Waals surface area (Å²) in [5.41, 5.74) is 3.06. The molecule has 0 bridgehead atoms. The third kappa shape index (κ3) is 3.50. The number of ether oxygens (including phenoxy) is 1. The molecule has 0 aliphatic carbocycles. The molecule has 1 atom stereocenters. The first-order chi connectivity index (χ1) is 14.0. The lowest BCUT2D eigenvalue weighted by atomic mass is 10.00. The van der Waals surface area contributed by atoms with Crippen LogP contribution in [-0.2, 0) is 0 Å². The molecule has 0 amide bonds. The number of aromatic hydroxyl groups is 1. The van der Waals surface area contributed by atoms with E-state index in [2.05, 4.69) is 15.5 Å². The van der Waals surface area contributed by atoms with Gasteiger partial charge in [0.15, 0.2) is 0 Å². The molecular formula is C20H17ClN4O4. The molecule has 2 aromatic carbocycles. The molecule has 0 radical (unpaired) electrons. The van der Waals surface area contributed by atoms with E-state index in [9.17, 15) is 14.7 Å². The van der Waals surface area contributed by atoms with Crippen molar-refractivity contribution in [3.8, 4) is 17.3 Å². The Morgan fingerprint density at radius 2 is 1.97 bits per heavy atom. The predicted octanol–water partition coefficient (Wildman–Crippen LogP) is 2.33. The van der Waals surface area contributed by atoms with Gasteiger partial charge in [-0.3, -0.25) is 9.78 Å². The number of aromatic nitrogens is 2. The SMILES string of the molecule is COc1ccc([C@@H]2CC(c3c(O)n(-c4cccc(Cl)c4)c(=O)[nH]c3=O)=NN2)cc1. The van der Waals surface area contributed by atoms with Crippen LogP contribution in [0.5, 0.6) is 11.6 Å². The van der Waals surface area contributed by atoms with Crippen molar-refractivity contribution < 1.29 is 9.84 Å². The Hall–Kier alpha value is -3.52. The number of hydrogen-bond donors (Lipinski definition) is 3. The van der Waals surface area contributed by atoms with E-state index in [4.69, 9.17) is 16.3 Å². The molecule has 148 valence electrons. The molecule has 2 heterocycles. The highest BCUT2D eigenvalue weighted by Gasteiger charge is 2.27. The Bertz CT molecular complexity index is 1210. The van der Waals surface area contributed by atoms with Gasteiger partial charge in [-0.25, -0.2) is 9.36 Å². The molecule has 0 unspecified atom stereocenters. The van der Waals surface area contributed by atoms with Gasteiger partial charge in [0.25, 0.3) is 5.56 Å². The first kappa shape index (κ1) is 18.8. The van der Waals surface area contributed by atoms with Gasteiger partial charge in [0.2, 0.25) is 5.88 Å². The number of halogens is 1. The van der Waals surface area contributed by atoms with E-state index in [1.54, 1.807) is 25.3 Å². The number of nitrogens with zero attached hydrogens (tertiary/aromatic N) is 2. The van der Waals surface area contributed by atoms with Crippen LogP contribution >= 0.6 is 11.6 Å². The zero-order chi connectivity index (χ0) is 20.5. The van der Waals surface area contributed by atoms with E-state index < -0.39 is 17.1 Å². The number of hydrogen-bond acceptors (Lipinski definition) is 6. The van der Waals surface area contributed by atoms with Crippen LogP contribution in [-0.4, -0.2) is 27.5 Å². The van der Waals surface area contributed by atoms with E-state index in [-0.39, 0.29) is 11.6 Å². The molecule has 1 aliphatic rings. The van der Waals surface area contributed by atoms with E-state index >= 15 is 0 Å². The Kier molecular flexibility index (Phi) is 4.85. The van der Waals surface area contributed by atoms with Crippen LogP contribution in [0.3, 0.4) is 0 Å². The lowest BCUT2D eigenvalue weighted by Gasteiger charge is -2.12. The molecular weight excluding hydrogens is 396 g/mol. The van der Waals surface area contributed by atoms with Gasteiger partial charge >= 0.3 is 5.69 Å².